The third-order valence-corrected chi connectivity index (χ3v) is 4.31. The molecule has 3 N–H and O–H groups in total. The van der Waals surface area contributed by atoms with Crippen molar-refractivity contribution in [3.05, 3.63) is 54.1 Å². The standard InChI is InChI=1S/C21H27N3O3/c1-5-21(2,3)24-20(26)15-6-8-16(9-7-15)22-14-19(25)23-17-10-12-18(27-4)13-11-17/h6-13,22H,5,14H2,1-4H3,(H,23,25)(H,24,26). The summed E-state index contributed by atoms with van der Waals surface area (Å²) in [4.78, 5) is 24.3. The molecule has 0 aromatic heterocycles. The number of ether oxygens (including phenoxy) is 1. The summed E-state index contributed by atoms with van der Waals surface area (Å²) in [6.45, 7) is 6.13. The van der Waals surface area contributed by atoms with Crippen LogP contribution in [0.5, 0.6) is 5.75 Å². The van der Waals surface area contributed by atoms with E-state index in [1.807, 2.05) is 20.8 Å². The second-order valence-electron chi connectivity index (χ2n) is 6.90. The maximum Gasteiger partial charge on any atom is 0.251 e. The molecule has 0 saturated heterocycles. The van der Waals surface area contributed by atoms with Crippen LogP contribution >= 0.6 is 0 Å². The molecule has 0 spiro atoms. The predicted molar refractivity (Wildman–Crippen MR) is 108 cm³/mol. The van der Waals surface area contributed by atoms with Crippen LogP contribution in [0.2, 0.25) is 0 Å². The lowest BCUT2D eigenvalue weighted by atomic mass is 10.0. The molecule has 2 rings (SSSR count). The van der Waals surface area contributed by atoms with Gasteiger partial charge in [-0.1, -0.05) is 6.92 Å². The lowest BCUT2D eigenvalue weighted by molar-refractivity contribution is -0.114. The van der Waals surface area contributed by atoms with E-state index in [4.69, 9.17) is 4.74 Å². The van der Waals surface area contributed by atoms with E-state index in [-0.39, 0.29) is 23.9 Å². The van der Waals surface area contributed by atoms with Crippen LogP contribution in [0.3, 0.4) is 0 Å². The molecule has 0 aliphatic heterocycles. The first-order chi connectivity index (χ1) is 12.8. The van der Waals surface area contributed by atoms with Crippen molar-refractivity contribution in [2.24, 2.45) is 0 Å². The van der Waals surface area contributed by atoms with Gasteiger partial charge in [0.05, 0.1) is 13.7 Å². The number of carbonyl (C=O) groups excluding carboxylic acids is 2. The Labute approximate surface area is 160 Å². The molecule has 0 heterocycles. The Morgan fingerprint density at radius 2 is 1.56 bits per heavy atom. The molecule has 2 amide bonds. The zero-order valence-corrected chi connectivity index (χ0v) is 16.3. The highest BCUT2D eigenvalue weighted by Gasteiger charge is 2.18. The molecule has 0 unspecified atom stereocenters. The number of hydrogen-bond acceptors (Lipinski definition) is 4. The van der Waals surface area contributed by atoms with Crippen molar-refractivity contribution in [2.75, 3.05) is 24.3 Å². The fourth-order valence-electron chi connectivity index (χ4n) is 2.27. The lowest BCUT2D eigenvalue weighted by Gasteiger charge is -2.24. The summed E-state index contributed by atoms with van der Waals surface area (Å²) in [7, 11) is 1.59. The summed E-state index contributed by atoms with van der Waals surface area (Å²) in [6.07, 6.45) is 0.849. The molecule has 0 atom stereocenters. The fourth-order valence-corrected chi connectivity index (χ4v) is 2.27. The summed E-state index contributed by atoms with van der Waals surface area (Å²) in [5, 5.41) is 8.84. The summed E-state index contributed by atoms with van der Waals surface area (Å²) in [6, 6.07) is 14.2. The quantitative estimate of drug-likeness (QED) is 0.663. The zero-order valence-electron chi connectivity index (χ0n) is 16.3. The molecular weight excluding hydrogens is 342 g/mol. The molecule has 0 radical (unpaired) electrons. The van der Waals surface area contributed by atoms with E-state index in [1.54, 1.807) is 55.6 Å². The molecular formula is C21H27N3O3. The Bertz CT molecular complexity index is 768. The van der Waals surface area contributed by atoms with Gasteiger partial charge in [-0.3, -0.25) is 9.59 Å². The van der Waals surface area contributed by atoms with Gasteiger partial charge in [0.1, 0.15) is 5.75 Å². The van der Waals surface area contributed by atoms with Gasteiger partial charge in [0.2, 0.25) is 5.91 Å². The van der Waals surface area contributed by atoms with Crippen molar-refractivity contribution < 1.29 is 14.3 Å². The maximum atomic E-state index is 12.2. The summed E-state index contributed by atoms with van der Waals surface area (Å²) >= 11 is 0. The highest BCUT2D eigenvalue weighted by atomic mass is 16.5. The van der Waals surface area contributed by atoms with Gasteiger partial charge in [0.15, 0.2) is 0 Å². The van der Waals surface area contributed by atoms with Crippen LogP contribution in [-0.2, 0) is 4.79 Å². The highest BCUT2D eigenvalue weighted by Crippen LogP contribution is 2.15. The third-order valence-electron chi connectivity index (χ3n) is 4.31. The number of carbonyl (C=O) groups is 2. The van der Waals surface area contributed by atoms with Crippen molar-refractivity contribution in [3.63, 3.8) is 0 Å². The van der Waals surface area contributed by atoms with Crippen LogP contribution in [0.25, 0.3) is 0 Å². The van der Waals surface area contributed by atoms with Gasteiger partial charge in [-0.15, -0.1) is 0 Å². The van der Waals surface area contributed by atoms with Gasteiger partial charge < -0.3 is 20.7 Å². The molecule has 0 fully saturated rings. The first kappa shape index (κ1) is 20.3. The fraction of sp³-hybridized carbons (Fsp3) is 0.333. The van der Waals surface area contributed by atoms with Gasteiger partial charge in [-0.25, -0.2) is 0 Å². The second kappa shape index (κ2) is 9.07. The minimum Gasteiger partial charge on any atom is -0.497 e. The molecule has 0 saturated carbocycles. The number of nitrogens with one attached hydrogen (secondary N) is 3. The van der Waals surface area contributed by atoms with E-state index in [2.05, 4.69) is 16.0 Å². The van der Waals surface area contributed by atoms with Crippen LogP contribution in [-0.4, -0.2) is 31.0 Å². The van der Waals surface area contributed by atoms with Crippen LogP contribution in [0.4, 0.5) is 11.4 Å². The highest BCUT2D eigenvalue weighted by molar-refractivity contribution is 5.95. The Balaban J connectivity index is 1.85. The Kier molecular flexibility index (Phi) is 6.82. The number of hydrogen-bond donors (Lipinski definition) is 3. The molecule has 27 heavy (non-hydrogen) atoms. The van der Waals surface area contributed by atoms with Gasteiger partial charge in [-0.05, 0) is 68.8 Å². The zero-order chi connectivity index (χ0) is 19.9. The summed E-state index contributed by atoms with van der Waals surface area (Å²) in [5.41, 5.74) is 1.82. The largest absolute Gasteiger partial charge is 0.497 e. The van der Waals surface area contributed by atoms with Crippen LogP contribution in [0, 0.1) is 0 Å². The SMILES string of the molecule is CCC(C)(C)NC(=O)c1ccc(NCC(=O)Nc2ccc(OC)cc2)cc1. The van der Waals surface area contributed by atoms with E-state index in [0.717, 1.165) is 17.9 Å². The molecule has 144 valence electrons. The van der Waals surface area contributed by atoms with E-state index in [0.29, 0.717) is 11.3 Å². The molecule has 2 aromatic carbocycles. The molecule has 2 aromatic rings. The molecule has 0 aliphatic carbocycles. The summed E-state index contributed by atoms with van der Waals surface area (Å²) < 4.78 is 5.09. The van der Waals surface area contributed by atoms with Crippen LogP contribution in [0.15, 0.2) is 48.5 Å². The van der Waals surface area contributed by atoms with E-state index in [1.165, 1.54) is 0 Å². The molecule has 0 bridgehead atoms. The third kappa shape index (κ3) is 6.33. The van der Waals surface area contributed by atoms with Crippen molar-refractivity contribution in [2.45, 2.75) is 32.7 Å². The Morgan fingerprint density at radius 3 is 2.11 bits per heavy atom. The van der Waals surface area contributed by atoms with Crippen LogP contribution in [0.1, 0.15) is 37.6 Å². The summed E-state index contributed by atoms with van der Waals surface area (Å²) in [5.74, 6) is 0.468. The normalized spacial score (nSPS) is 10.8. The smallest absolute Gasteiger partial charge is 0.251 e. The number of rotatable bonds is 8. The minimum atomic E-state index is -0.243. The van der Waals surface area contributed by atoms with Crippen molar-refractivity contribution in [3.8, 4) is 5.75 Å². The number of amides is 2. The number of benzene rings is 2. The van der Waals surface area contributed by atoms with Crippen molar-refractivity contribution in [1.82, 2.24) is 5.32 Å². The van der Waals surface area contributed by atoms with Gasteiger partial charge in [-0.2, -0.15) is 0 Å². The first-order valence-electron chi connectivity index (χ1n) is 8.93. The monoisotopic (exact) mass is 369 g/mol. The first-order valence-corrected chi connectivity index (χ1v) is 8.93. The van der Waals surface area contributed by atoms with Crippen molar-refractivity contribution in [1.29, 1.82) is 0 Å². The Morgan fingerprint density at radius 1 is 0.963 bits per heavy atom. The van der Waals surface area contributed by atoms with Gasteiger partial charge in [0.25, 0.3) is 5.91 Å². The van der Waals surface area contributed by atoms with Gasteiger partial charge >= 0.3 is 0 Å². The lowest BCUT2D eigenvalue weighted by Crippen LogP contribution is -2.42. The van der Waals surface area contributed by atoms with Crippen LogP contribution < -0.4 is 20.7 Å². The van der Waals surface area contributed by atoms with Gasteiger partial charge in [0, 0.05) is 22.5 Å². The number of anilines is 2. The van der Waals surface area contributed by atoms with E-state index in [9.17, 15) is 9.59 Å². The second-order valence-corrected chi connectivity index (χ2v) is 6.90. The molecule has 6 heteroatoms. The average molecular weight is 369 g/mol. The van der Waals surface area contributed by atoms with E-state index >= 15 is 0 Å². The molecule has 0 aliphatic rings. The number of methoxy groups -OCH3 is 1. The average Bonchev–Trinajstić information content (AvgIpc) is 2.67. The van der Waals surface area contributed by atoms with Crippen molar-refractivity contribution >= 4 is 23.2 Å². The maximum absolute atomic E-state index is 12.2. The molecule has 6 nitrogen and oxygen atoms in total. The Hall–Kier alpha value is -3.02. The topological polar surface area (TPSA) is 79.5 Å². The van der Waals surface area contributed by atoms with E-state index < -0.39 is 0 Å². The minimum absolute atomic E-state index is 0.106. The predicted octanol–water partition coefficient (Wildman–Crippen LogP) is 3.66.